The lowest BCUT2D eigenvalue weighted by Gasteiger charge is -2.26. The van der Waals surface area contributed by atoms with E-state index in [9.17, 15) is 35.9 Å². The quantitative estimate of drug-likeness (QED) is 0.153. The van der Waals surface area contributed by atoms with Crippen LogP contribution in [0.25, 0.3) is 10.9 Å². The van der Waals surface area contributed by atoms with Gasteiger partial charge in [-0.05, 0) is 60.7 Å². The maximum atomic E-state index is 13.7. The van der Waals surface area contributed by atoms with Crippen molar-refractivity contribution in [3.63, 3.8) is 0 Å². The Morgan fingerprint density at radius 1 is 1.08 bits per heavy atom. The molecule has 2 aromatic carbocycles. The average Bonchev–Trinajstić information content (AvgIpc) is 2.99. The van der Waals surface area contributed by atoms with E-state index in [1.807, 2.05) is 0 Å². The molecule has 1 aromatic heterocycles. The number of quaternary nitrogens is 1. The van der Waals surface area contributed by atoms with Gasteiger partial charge < -0.3 is 0 Å². The zero-order valence-corrected chi connectivity index (χ0v) is 20.3. The third kappa shape index (κ3) is 5.13. The molecule has 6 nitrogen and oxygen atoms in total. The molecule has 1 aliphatic heterocycles. The Labute approximate surface area is 215 Å². The second-order valence-electron chi connectivity index (χ2n) is 7.94. The minimum absolute atomic E-state index is 0.116. The van der Waals surface area contributed by atoms with E-state index in [2.05, 4.69) is 4.98 Å². The van der Waals surface area contributed by atoms with Crippen LogP contribution in [0, 0.1) is 0 Å². The molecule has 0 radical (unpaired) electrons. The van der Waals surface area contributed by atoms with E-state index in [1.54, 1.807) is 30.3 Å². The van der Waals surface area contributed by atoms with Crippen LogP contribution in [0.5, 0.6) is 0 Å². The minimum atomic E-state index is -5.47. The molecular weight excluding hydrogens is 544 g/mol. The molecule has 0 spiro atoms. The van der Waals surface area contributed by atoms with Crippen molar-refractivity contribution in [1.29, 1.82) is 0 Å². The van der Waals surface area contributed by atoms with Crippen molar-refractivity contribution in [3.05, 3.63) is 66.4 Å². The zero-order valence-electron chi connectivity index (χ0n) is 18.7. The largest absolute Gasteiger partial charge is 0.497 e. The first-order valence-electron chi connectivity index (χ1n) is 10.5. The number of rotatable bonds is 5. The van der Waals surface area contributed by atoms with Gasteiger partial charge in [-0.1, -0.05) is 18.2 Å². The van der Waals surface area contributed by atoms with Crippen LogP contribution in [0.15, 0.2) is 65.7 Å². The number of hydrogen-bond donors (Lipinski definition) is 0. The van der Waals surface area contributed by atoms with Crippen molar-refractivity contribution in [2.45, 2.75) is 36.1 Å². The number of nitrogens with zero attached hydrogens (tertiary/aromatic N) is 3. The van der Waals surface area contributed by atoms with Crippen LogP contribution >= 0.6 is 24.0 Å². The molecule has 14 heteroatoms. The number of carbonyl (C=O) groups excluding carboxylic acids is 2. The van der Waals surface area contributed by atoms with Gasteiger partial charge in [-0.2, -0.15) is 26.3 Å². The van der Waals surface area contributed by atoms with Gasteiger partial charge in [-0.15, -0.1) is 0 Å². The number of halogens is 6. The van der Waals surface area contributed by atoms with E-state index in [-0.39, 0.29) is 17.1 Å². The van der Waals surface area contributed by atoms with Gasteiger partial charge in [-0.3, -0.25) is 9.88 Å². The third-order valence-corrected chi connectivity index (χ3v) is 6.95. The average molecular weight is 561 g/mol. The summed E-state index contributed by atoms with van der Waals surface area (Å²) in [4.78, 5) is 35.1. The summed E-state index contributed by atoms with van der Waals surface area (Å²) >= 11 is 4.90. The Bertz CT molecular complexity index is 1380. The van der Waals surface area contributed by atoms with Crippen LogP contribution in [0.4, 0.5) is 36.8 Å². The molecule has 4 rings (SSSR count). The lowest BCUT2D eigenvalue weighted by molar-refractivity contribution is -0.216. The van der Waals surface area contributed by atoms with Crippen LogP contribution in [-0.2, 0) is 16.2 Å². The van der Waals surface area contributed by atoms with Crippen molar-refractivity contribution in [2.75, 3.05) is 0 Å². The van der Waals surface area contributed by atoms with Crippen molar-refractivity contribution in [2.24, 2.45) is 0 Å². The lowest BCUT2D eigenvalue weighted by Crippen LogP contribution is -2.57. The number of benzene rings is 2. The van der Waals surface area contributed by atoms with Gasteiger partial charge in [0.2, 0.25) is 0 Å². The number of thiocarbonyl (C=S) groups is 1. The molecule has 0 N–H and O–H groups in total. The van der Waals surface area contributed by atoms with Gasteiger partial charge in [0, 0.05) is 33.3 Å². The number of aromatic nitrogens is 1. The number of alkyl halides is 6. The molecule has 37 heavy (non-hydrogen) atoms. The number of thioether (sulfide) groups is 1. The number of carbonyl (C=O) groups is 2. The summed E-state index contributed by atoms with van der Waals surface area (Å²) in [6.45, 7) is 1.34. The van der Waals surface area contributed by atoms with E-state index in [0.717, 1.165) is 29.2 Å². The van der Waals surface area contributed by atoms with Crippen LogP contribution < -0.4 is 4.65 Å². The second-order valence-corrected chi connectivity index (χ2v) is 9.50. The van der Waals surface area contributed by atoms with Gasteiger partial charge in [0.05, 0.1) is 12.1 Å². The van der Waals surface area contributed by atoms with Crippen molar-refractivity contribution >= 4 is 57.6 Å². The molecule has 3 aromatic rings. The third-order valence-electron chi connectivity index (χ3n) is 5.62. The topological polar surface area (TPSA) is 59.5 Å². The van der Waals surface area contributed by atoms with Crippen LogP contribution in [0.2, 0.25) is 0 Å². The minimum Gasteiger partial charge on any atom is -0.271 e. The monoisotopic (exact) mass is 560 g/mol. The predicted molar refractivity (Wildman–Crippen MR) is 127 cm³/mol. The summed E-state index contributed by atoms with van der Waals surface area (Å²) in [6.07, 6.45) is -3.96. The molecule has 194 valence electrons. The fraction of sp³-hybridized carbons (Fsp3) is 0.217. The van der Waals surface area contributed by atoms with Gasteiger partial charge in [-0.25, -0.2) is 14.4 Å². The Morgan fingerprint density at radius 3 is 2.35 bits per heavy atom. The molecule has 2 unspecified atom stereocenters. The molecule has 1 aliphatic rings. The first-order valence-corrected chi connectivity index (χ1v) is 11.7. The Hall–Kier alpha value is -3.23. The summed E-state index contributed by atoms with van der Waals surface area (Å²) in [5, 5.41) is 0.682. The van der Waals surface area contributed by atoms with Crippen LogP contribution in [-0.4, -0.2) is 44.6 Å². The molecule has 0 bridgehead atoms. The highest BCUT2D eigenvalue weighted by Gasteiger charge is 2.64. The standard InChI is InChI=1S/C23H16F6N3O3S2/c1-13-19(36)32(35-20(33)22(24,25)26,15-6-8-16(9-7-15)37-23(27,28)29)21(34)31(13)12-14-10-11-30-18-5-3-2-4-17(14)18/h2-11,13H,12H2,1H3/q+1. The van der Waals surface area contributed by atoms with E-state index in [1.165, 1.54) is 13.1 Å². The maximum Gasteiger partial charge on any atom is 0.497 e. The van der Waals surface area contributed by atoms with E-state index < -0.39 is 51.1 Å². The number of urea groups is 1. The Morgan fingerprint density at radius 2 is 1.73 bits per heavy atom. The molecular formula is C23H16F6N3O3S2+. The number of hydrogen-bond acceptors (Lipinski definition) is 6. The first kappa shape index (κ1) is 26.8. The fourth-order valence-corrected chi connectivity index (χ4v) is 4.81. The summed E-state index contributed by atoms with van der Waals surface area (Å²) in [5.74, 6) is -2.68. The van der Waals surface area contributed by atoms with Crippen molar-refractivity contribution in [3.8, 4) is 0 Å². The Balaban J connectivity index is 1.78. The van der Waals surface area contributed by atoms with E-state index in [0.29, 0.717) is 16.5 Å². The fourth-order valence-electron chi connectivity index (χ4n) is 3.93. The summed E-state index contributed by atoms with van der Waals surface area (Å²) in [7, 11) is 0. The number of para-hydroxylation sites is 1. The Kier molecular flexibility index (Phi) is 6.94. The SMILES string of the molecule is CC1C(=S)[N+](OC(=O)C(F)(F)F)(c2ccc(SC(F)(F)F)cc2)C(=O)N1Cc1ccnc2ccccc12. The molecule has 1 saturated heterocycles. The zero-order chi connectivity index (χ0) is 27.2. The number of hydroxylamine groups is 2. The highest BCUT2D eigenvalue weighted by atomic mass is 32.2. The first-order chi connectivity index (χ1) is 17.2. The predicted octanol–water partition coefficient (Wildman–Crippen LogP) is 6.53. The summed E-state index contributed by atoms with van der Waals surface area (Å²) in [5.41, 5.74) is -3.75. The number of amides is 2. The van der Waals surface area contributed by atoms with Crippen LogP contribution in [0.3, 0.4) is 0 Å². The molecule has 0 aliphatic carbocycles. The molecule has 2 amide bonds. The normalized spacial score (nSPS) is 20.5. The highest BCUT2D eigenvalue weighted by molar-refractivity contribution is 8.00. The highest BCUT2D eigenvalue weighted by Crippen LogP contribution is 2.41. The van der Waals surface area contributed by atoms with Gasteiger partial charge >= 0.3 is 23.7 Å². The lowest BCUT2D eigenvalue weighted by atomic mass is 10.1. The molecule has 1 fully saturated rings. The molecule has 2 heterocycles. The summed E-state index contributed by atoms with van der Waals surface area (Å²) < 4.78 is 76.1. The second kappa shape index (κ2) is 9.58. The molecule has 0 saturated carbocycles. The van der Waals surface area contributed by atoms with Crippen LogP contribution in [0.1, 0.15) is 12.5 Å². The van der Waals surface area contributed by atoms with Gasteiger partial charge in [0.15, 0.2) is 5.69 Å². The van der Waals surface area contributed by atoms with Gasteiger partial charge in [0.25, 0.3) is 4.99 Å². The van der Waals surface area contributed by atoms with Gasteiger partial charge in [0.1, 0.15) is 6.04 Å². The van der Waals surface area contributed by atoms with E-state index in [4.69, 9.17) is 17.1 Å². The molecule has 2 atom stereocenters. The van der Waals surface area contributed by atoms with E-state index >= 15 is 0 Å². The number of pyridine rings is 1. The van der Waals surface area contributed by atoms with Crippen molar-refractivity contribution in [1.82, 2.24) is 14.5 Å². The van der Waals surface area contributed by atoms with Crippen molar-refractivity contribution < 1.29 is 40.8 Å². The maximum absolute atomic E-state index is 13.7. The number of fused-ring (bicyclic) bond motifs is 1. The summed E-state index contributed by atoms with van der Waals surface area (Å²) in [6, 6.07) is 10.4. The smallest absolute Gasteiger partial charge is 0.271 e.